The van der Waals surface area contributed by atoms with Crippen molar-refractivity contribution in [2.45, 2.75) is 11.7 Å². The smallest absolute Gasteiger partial charge is 0.263 e. The average molecular weight is 526 g/mol. The van der Waals surface area contributed by atoms with Crippen LogP contribution in [0.1, 0.15) is 0 Å². The number of allylic oxidation sites excluding steroid dienone is 1. The summed E-state index contributed by atoms with van der Waals surface area (Å²) in [5.41, 5.74) is 2.35. The Bertz CT molecular complexity index is 1600. The maximum Gasteiger partial charge on any atom is 0.263 e. The van der Waals surface area contributed by atoms with Crippen LogP contribution in [0.4, 0.5) is 5.69 Å². The van der Waals surface area contributed by atoms with Crippen molar-refractivity contribution in [2.75, 3.05) is 11.1 Å². The van der Waals surface area contributed by atoms with Crippen molar-refractivity contribution in [3.8, 4) is 22.6 Å². The van der Waals surface area contributed by atoms with E-state index in [2.05, 4.69) is 11.9 Å². The third-order valence-electron chi connectivity index (χ3n) is 5.50. The summed E-state index contributed by atoms with van der Waals surface area (Å²) in [6.07, 6.45) is 1.66. The molecule has 0 radical (unpaired) electrons. The van der Waals surface area contributed by atoms with Crippen LogP contribution < -0.4 is 15.6 Å². The van der Waals surface area contributed by atoms with Crippen LogP contribution in [0.3, 0.4) is 0 Å². The molecule has 0 atom stereocenters. The molecule has 0 aliphatic heterocycles. The number of hydrogen-bond acceptors (Lipinski definition) is 6. The fourth-order valence-corrected chi connectivity index (χ4v) is 5.59. The minimum atomic E-state index is -0.197. The molecule has 8 heteroatoms. The van der Waals surface area contributed by atoms with Crippen LogP contribution in [-0.2, 0) is 11.3 Å². The first-order chi connectivity index (χ1) is 18.1. The Hall–Kier alpha value is -4.14. The summed E-state index contributed by atoms with van der Waals surface area (Å²) in [6, 6.07) is 26.5. The lowest BCUT2D eigenvalue weighted by atomic mass is 10.1. The van der Waals surface area contributed by atoms with Gasteiger partial charge in [0.05, 0.1) is 11.1 Å². The highest BCUT2D eigenvalue weighted by Gasteiger charge is 2.18. The number of carbonyl (C=O) groups is 1. The first-order valence-corrected chi connectivity index (χ1v) is 13.4. The molecule has 2 heterocycles. The van der Waals surface area contributed by atoms with Crippen LogP contribution in [0.5, 0.6) is 11.5 Å². The second-order valence-electron chi connectivity index (χ2n) is 8.07. The summed E-state index contributed by atoms with van der Waals surface area (Å²) in [6.45, 7) is 4.09. The number of amides is 1. The predicted molar refractivity (Wildman–Crippen MR) is 152 cm³/mol. The number of hydrogen-bond donors (Lipinski definition) is 1. The first-order valence-electron chi connectivity index (χ1n) is 11.6. The second-order valence-corrected chi connectivity index (χ2v) is 9.87. The Morgan fingerprint density at radius 3 is 2.38 bits per heavy atom. The third-order valence-corrected chi connectivity index (χ3v) is 7.35. The third kappa shape index (κ3) is 5.66. The molecule has 2 aromatic heterocycles. The van der Waals surface area contributed by atoms with E-state index >= 15 is 0 Å². The fraction of sp³-hybridized carbons (Fsp3) is 0.0690. The quantitative estimate of drug-likeness (QED) is 0.130. The molecular weight excluding hydrogens is 502 g/mol. The molecule has 0 saturated carbocycles. The maximum absolute atomic E-state index is 13.4. The number of ether oxygens (including phenoxy) is 1. The first kappa shape index (κ1) is 24.5. The molecule has 3 aromatic carbocycles. The van der Waals surface area contributed by atoms with E-state index in [1.807, 2.05) is 66.0 Å². The number of para-hydroxylation sites is 1. The Morgan fingerprint density at radius 2 is 1.68 bits per heavy atom. The van der Waals surface area contributed by atoms with E-state index in [0.29, 0.717) is 33.4 Å². The summed E-state index contributed by atoms with van der Waals surface area (Å²) in [7, 11) is 0. The highest BCUT2D eigenvalue weighted by Crippen LogP contribution is 2.32. The van der Waals surface area contributed by atoms with Gasteiger partial charge in [0.15, 0.2) is 5.16 Å². The van der Waals surface area contributed by atoms with Crippen molar-refractivity contribution in [1.82, 2.24) is 9.55 Å². The van der Waals surface area contributed by atoms with E-state index in [4.69, 9.17) is 9.72 Å². The number of thiophene rings is 1. The molecule has 0 unspecified atom stereocenters. The molecular formula is C29H23N3O3S2. The van der Waals surface area contributed by atoms with Gasteiger partial charge in [0.2, 0.25) is 5.91 Å². The lowest BCUT2D eigenvalue weighted by molar-refractivity contribution is -0.113. The van der Waals surface area contributed by atoms with Crippen LogP contribution in [-0.4, -0.2) is 21.2 Å². The van der Waals surface area contributed by atoms with Crippen LogP contribution in [0.15, 0.2) is 113 Å². The standard InChI is InChI=1S/C29H23N3O3S2/c1-2-17-32-28(34)26-24(20-9-5-3-6-10-20)18-36-27(26)31-29(32)37-19-25(33)30-21-13-15-23(16-14-21)35-22-11-7-4-8-12-22/h2-16,18H,1,17,19H2,(H,30,33). The van der Waals surface area contributed by atoms with Crippen molar-refractivity contribution in [3.05, 3.63) is 113 Å². The Balaban J connectivity index is 1.30. The summed E-state index contributed by atoms with van der Waals surface area (Å²) in [4.78, 5) is 31.5. The number of nitrogens with zero attached hydrogens (tertiary/aromatic N) is 2. The molecule has 6 nitrogen and oxygen atoms in total. The molecule has 1 amide bonds. The van der Waals surface area contributed by atoms with Gasteiger partial charge in [-0.3, -0.25) is 14.2 Å². The van der Waals surface area contributed by atoms with Gasteiger partial charge < -0.3 is 10.1 Å². The molecule has 0 saturated heterocycles. The van der Waals surface area contributed by atoms with E-state index in [-0.39, 0.29) is 17.2 Å². The van der Waals surface area contributed by atoms with E-state index < -0.39 is 0 Å². The summed E-state index contributed by atoms with van der Waals surface area (Å²) >= 11 is 2.65. The van der Waals surface area contributed by atoms with E-state index in [1.54, 1.807) is 34.9 Å². The lowest BCUT2D eigenvalue weighted by Crippen LogP contribution is -2.23. The van der Waals surface area contributed by atoms with Crippen molar-refractivity contribution in [3.63, 3.8) is 0 Å². The summed E-state index contributed by atoms with van der Waals surface area (Å²) in [5, 5.41) is 5.92. The summed E-state index contributed by atoms with van der Waals surface area (Å²) < 4.78 is 7.36. The van der Waals surface area contributed by atoms with Crippen molar-refractivity contribution in [2.24, 2.45) is 0 Å². The number of aromatic nitrogens is 2. The minimum absolute atomic E-state index is 0.105. The van der Waals surface area contributed by atoms with Gasteiger partial charge >= 0.3 is 0 Å². The Morgan fingerprint density at radius 1 is 1.00 bits per heavy atom. The summed E-state index contributed by atoms with van der Waals surface area (Å²) in [5.74, 6) is 1.33. The van der Waals surface area contributed by atoms with Gasteiger partial charge in [0.25, 0.3) is 5.56 Å². The van der Waals surface area contributed by atoms with Gasteiger partial charge in [0, 0.05) is 23.2 Å². The number of nitrogens with one attached hydrogen (secondary N) is 1. The molecule has 0 spiro atoms. The van der Waals surface area contributed by atoms with Crippen LogP contribution >= 0.6 is 23.1 Å². The zero-order valence-electron chi connectivity index (χ0n) is 19.8. The van der Waals surface area contributed by atoms with Gasteiger partial charge in [-0.1, -0.05) is 66.4 Å². The van der Waals surface area contributed by atoms with Crippen LogP contribution in [0, 0.1) is 0 Å². The molecule has 5 rings (SSSR count). The molecule has 0 aliphatic carbocycles. The largest absolute Gasteiger partial charge is 0.457 e. The van der Waals surface area contributed by atoms with Gasteiger partial charge in [-0.2, -0.15) is 0 Å². The number of carbonyl (C=O) groups excluding carboxylic acids is 1. The van der Waals surface area contributed by atoms with Gasteiger partial charge in [0.1, 0.15) is 16.3 Å². The zero-order valence-corrected chi connectivity index (χ0v) is 21.4. The van der Waals surface area contributed by atoms with E-state index in [9.17, 15) is 9.59 Å². The topological polar surface area (TPSA) is 73.2 Å². The molecule has 184 valence electrons. The van der Waals surface area contributed by atoms with Crippen molar-refractivity contribution < 1.29 is 9.53 Å². The van der Waals surface area contributed by atoms with Gasteiger partial charge in [-0.25, -0.2) is 4.98 Å². The normalized spacial score (nSPS) is 10.8. The highest BCUT2D eigenvalue weighted by molar-refractivity contribution is 7.99. The predicted octanol–water partition coefficient (Wildman–Crippen LogP) is 6.83. The van der Waals surface area contributed by atoms with Crippen molar-refractivity contribution in [1.29, 1.82) is 0 Å². The average Bonchev–Trinajstić information content (AvgIpc) is 3.36. The molecule has 0 aliphatic rings. The van der Waals surface area contributed by atoms with Crippen LogP contribution in [0.25, 0.3) is 21.3 Å². The number of rotatable bonds is 9. The zero-order chi connectivity index (χ0) is 25.6. The molecule has 0 bridgehead atoms. The Labute approximate surface area is 222 Å². The number of thioether (sulfide) groups is 1. The highest BCUT2D eigenvalue weighted by atomic mass is 32.2. The number of benzene rings is 3. The van der Waals surface area contributed by atoms with E-state index in [0.717, 1.165) is 16.9 Å². The molecule has 5 aromatic rings. The lowest BCUT2D eigenvalue weighted by Gasteiger charge is -2.11. The molecule has 0 fully saturated rings. The van der Waals surface area contributed by atoms with Gasteiger partial charge in [-0.15, -0.1) is 17.9 Å². The number of fused-ring (bicyclic) bond motifs is 1. The molecule has 37 heavy (non-hydrogen) atoms. The van der Waals surface area contributed by atoms with Gasteiger partial charge in [-0.05, 0) is 42.0 Å². The fourth-order valence-electron chi connectivity index (χ4n) is 3.79. The monoisotopic (exact) mass is 525 g/mol. The van der Waals surface area contributed by atoms with Crippen LogP contribution in [0.2, 0.25) is 0 Å². The number of anilines is 1. The van der Waals surface area contributed by atoms with Crippen molar-refractivity contribution >= 4 is 44.9 Å². The second kappa shape index (κ2) is 11.3. The Kier molecular flexibility index (Phi) is 7.49. The molecule has 1 N–H and O–H groups in total. The maximum atomic E-state index is 13.4. The van der Waals surface area contributed by atoms with E-state index in [1.165, 1.54) is 23.1 Å². The SMILES string of the molecule is C=CCn1c(SCC(=O)Nc2ccc(Oc3ccccc3)cc2)nc2scc(-c3ccccc3)c2c1=O. The minimum Gasteiger partial charge on any atom is -0.457 e.